The molecule has 5 rings (SSSR count). The minimum Gasteiger partial charge on any atom is -0.311 e. The fourth-order valence-electron chi connectivity index (χ4n) is 4.69. The van der Waals surface area contributed by atoms with Crippen LogP contribution in [-0.2, 0) is 0 Å². The molecule has 5 fully saturated rings. The van der Waals surface area contributed by atoms with Gasteiger partial charge in [0.2, 0.25) is 0 Å². The van der Waals surface area contributed by atoms with Crippen molar-refractivity contribution in [3.63, 3.8) is 0 Å². The molecule has 5 unspecified atom stereocenters. The number of hydrogen-bond donors (Lipinski definition) is 2. The van der Waals surface area contributed by atoms with E-state index in [1.165, 1.54) is 44.9 Å². The number of hydrogen-bond acceptors (Lipinski definition) is 2. The van der Waals surface area contributed by atoms with E-state index in [0.29, 0.717) is 5.54 Å². The monoisotopic (exact) mass is 192 g/mol. The summed E-state index contributed by atoms with van der Waals surface area (Å²) in [5.41, 5.74) is 0.595. The highest BCUT2D eigenvalue weighted by molar-refractivity contribution is 5.17. The third kappa shape index (κ3) is 0.892. The lowest BCUT2D eigenvalue weighted by atomic mass is 9.71. The van der Waals surface area contributed by atoms with Crippen LogP contribution in [0.15, 0.2) is 0 Å². The predicted molar refractivity (Wildman–Crippen MR) is 56.2 cm³/mol. The van der Waals surface area contributed by atoms with Crippen molar-refractivity contribution >= 4 is 0 Å². The average Bonchev–Trinajstić information content (AvgIpc) is 2.80. The Morgan fingerprint density at radius 2 is 1.79 bits per heavy atom. The zero-order valence-corrected chi connectivity index (χ0v) is 8.76. The SMILES string of the molecule is C1CC2NC1CCC2C12CCC(C1)N2. The maximum Gasteiger partial charge on any atom is 0.0242 e. The van der Waals surface area contributed by atoms with Crippen LogP contribution in [0.5, 0.6) is 0 Å². The summed E-state index contributed by atoms with van der Waals surface area (Å²) in [6.07, 6.45) is 10.2. The van der Waals surface area contributed by atoms with E-state index in [2.05, 4.69) is 10.6 Å². The summed E-state index contributed by atoms with van der Waals surface area (Å²) < 4.78 is 0. The summed E-state index contributed by atoms with van der Waals surface area (Å²) in [5.74, 6) is 0.958. The van der Waals surface area contributed by atoms with Crippen LogP contribution >= 0.6 is 0 Å². The van der Waals surface area contributed by atoms with E-state index in [4.69, 9.17) is 0 Å². The maximum atomic E-state index is 3.84. The molecule has 0 radical (unpaired) electrons. The van der Waals surface area contributed by atoms with Crippen molar-refractivity contribution in [1.82, 2.24) is 10.6 Å². The lowest BCUT2D eigenvalue weighted by Crippen LogP contribution is -2.65. The number of piperidine rings is 1. The van der Waals surface area contributed by atoms with E-state index < -0.39 is 0 Å². The molecule has 2 N–H and O–H groups in total. The van der Waals surface area contributed by atoms with Crippen molar-refractivity contribution in [1.29, 1.82) is 0 Å². The molecular formula is C12H20N2. The first-order valence-electron chi connectivity index (χ1n) is 6.39. The molecule has 1 saturated carbocycles. The van der Waals surface area contributed by atoms with E-state index in [9.17, 15) is 0 Å². The first-order chi connectivity index (χ1) is 6.86. The standard InChI is InChI=1S/C12H20N2/c1-3-10(11-4-2-8(1)13-11)12-6-5-9(7-12)14-12/h8-11,13-14H,1-7H2. The van der Waals surface area contributed by atoms with Crippen LogP contribution in [-0.4, -0.2) is 23.7 Å². The van der Waals surface area contributed by atoms with Gasteiger partial charge >= 0.3 is 0 Å². The highest BCUT2D eigenvalue weighted by atomic mass is 15.2. The lowest BCUT2D eigenvalue weighted by molar-refractivity contribution is 0.0849. The second kappa shape index (κ2) is 2.53. The minimum atomic E-state index is 0.595. The second-order valence-electron chi connectivity index (χ2n) is 5.97. The second-order valence-corrected chi connectivity index (χ2v) is 5.97. The first-order valence-corrected chi connectivity index (χ1v) is 6.39. The van der Waals surface area contributed by atoms with Crippen LogP contribution in [0.4, 0.5) is 0 Å². The fourth-order valence-corrected chi connectivity index (χ4v) is 4.69. The number of nitrogens with one attached hydrogen (secondary N) is 2. The first kappa shape index (κ1) is 8.12. The van der Waals surface area contributed by atoms with E-state index >= 15 is 0 Å². The Kier molecular flexibility index (Phi) is 1.47. The molecule has 5 aliphatic rings. The summed E-state index contributed by atoms with van der Waals surface area (Å²) >= 11 is 0. The largest absolute Gasteiger partial charge is 0.311 e. The van der Waals surface area contributed by atoms with Gasteiger partial charge in [0, 0.05) is 23.7 Å². The van der Waals surface area contributed by atoms with Crippen LogP contribution < -0.4 is 10.6 Å². The molecular weight excluding hydrogens is 172 g/mol. The Balaban J connectivity index is 1.59. The molecule has 2 heteroatoms. The van der Waals surface area contributed by atoms with Gasteiger partial charge in [-0.3, -0.25) is 0 Å². The predicted octanol–water partition coefficient (Wildman–Crippen LogP) is 1.41. The molecule has 0 aromatic carbocycles. The van der Waals surface area contributed by atoms with Gasteiger partial charge in [-0.25, -0.2) is 0 Å². The van der Waals surface area contributed by atoms with E-state index in [-0.39, 0.29) is 0 Å². The van der Waals surface area contributed by atoms with Crippen LogP contribution in [0.2, 0.25) is 0 Å². The van der Waals surface area contributed by atoms with Crippen LogP contribution in [0.3, 0.4) is 0 Å². The van der Waals surface area contributed by atoms with Gasteiger partial charge in [-0.15, -0.1) is 0 Å². The van der Waals surface area contributed by atoms with Gasteiger partial charge in [-0.05, 0) is 50.9 Å². The summed E-state index contributed by atoms with van der Waals surface area (Å²) in [5, 5.41) is 7.67. The normalized spacial score (nSPS) is 60.0. The molecule has 4 bridgehead atoms. The van der Waals surface area contributed by atoms with Crippen LogP contribution in [0.25, 0.3) is 0 Å². The zero-order chi connectivity index (χ0) is 9.17. The van der Waals surface area contributed by atoms with Gasteiger partial charge in [0.25, 0.3) is 0 Å². The molecule has 0 spiro atoms. The zero-order valence-electron chi connectivity index (χ0n) is 8.76. The third-order valence-electron chi connectivity index (χ3n) is 5.34. The molecule has 2 nitrogen and oxygen atoms in total. The van der Waals surface area contributed by atoms with Crippen molar-refractivity contribution in [2.24, 2.45) is 5.92 Å². The van der Waals surface area contributed by atoms with Gasteiger partial charge < -0.3 is 10.6 Å². The Labute approximate surface area is 85.8 Å². The van der Waals surface area contributed by atoms with Gasteiger partial charge in [-0.2, -0.15) is 0 Å². The Morgan fingerprint density at radius 3 is 2.57 bits per heavy atom. The summed E-state index contributed by atoms with van der Waals surface area (Å²) in [4.78, 5) is 0. The van der Waals surface area contributed by atoms with Crippen LogP contribution in [0, 0.1) is 5.92 Å². The van der Waals surface area contributed by atoms with Crippen molar-refractivity contribution in [3.05, 3.63) is 0 Å². The fraction of sp³-hybridized carbons (Fsp3) is 1.00. The smallest absolute Gasteiger partial charge is 0.0242 e. The van der Waals surface area contributed by atoms with E-state index in [1.807, 2.05) is 0 Å². The quantitative estimate of drug-likeness (QED) is 0.656. The van der Waals surface area contributed by atoms with Gasteiger partial charge in [0.05, 0.1) is 0 Å². The summed E-state index contributed by atoms with van der Waals surface area (Å²) in [6.45, 7) is 0. The molecule has 0 aromatic heterocycles. The van der Waals surface area contributed by atoms with E-state index in [0.717, 1.165) is 24.0 Å². The van der Waals surface area contributed by atoms with Crippen LogP contribution in [0.1, 0.15) is 44.9 Å². The minimum absolute atomic E-state index is 0.595. The van der Waals surface area contributed by atoms with Gasteiger partial charge in [0.1, 0.15) is 0 Å². The highest BCUT2D eigenvalue weighted by Crippen LogP contribution is 2.51. The van der Waals surface area contributed by atoms with Crippen molar-refractivity contribution in [2.75, 3.05) is 0 Å². The molecule has 78 valence electrons. The summed E-state index contributed by atoms with van der Waals surface area (Å²) in [6, 6.07) is 2.64. The summed E-state index contributed by atoms with van der Waals surface area (Å²) in [7, 11) is 0. The average molecular weight is 192 g/mol. The van der Waals surface area contributed by atoms with Gasteiger partial charge in [0.15, 0.2) is 0 Å². The highest BCUT2D eigenvalue weighted by Gasteiger charge is 2.57. The molecule has 0 aromatic rings. The van der Waals surface area contributed by atoms with Crippen molar-refractivity contribution in [3.8, 4) is 0 Å². The Hall–Kier alpha value is -0.0800. The maximum absolute atomic E-state index is 3.84. The lowest BCUT2D eigenvalue weighted by Gasteiger charge is -2.50. The van der Waals surface area contributed by atoms with E-state index in [1.54, 1.807) is 0 Å². The topological polar surface area (TPSA) is 24.1 Å². The molecule has 4 saturated heterocycles. The number of fused-ring (bicyclic) bond motifs is 3. The number of rotatable bonds is 1. The molecule has 4 heterocycles. The molecule has 5 atom stereocenters. The molecule has 4 aliphatic heterocycles. The Bertz CT molecular complexity index is 252. The third-order valence-corrected chi connectivity index (χ3v) is 5.34. The molecule has 1 aliphatic carbocycles. The Morgan fingerprint density at radius 1 is 0.929 bits per heavy atom. The van der Waals surface area contributed by atoms with Gasteiger partial charge in [-0.1, -0.05) is 0 Å². The van der Waals surface area contributed by atoms with Crippen molar-refractivity contribution < 1.29 is 0 Å². The molecule has 14 heavy (non-hydrogen) atoms. The van der Waals surface area contributed by atoms with Crippen molar-refractivity contribution in [2.45, 2.75) is 68.6 Å². The molecule has 0 amide bonds.